The van der Waals surface area contributed by atoms with Gasteiger partial charge in [0.25, 0.3) is 0 Å². The molecule has 0 fully saturated rings. The first-order valence-corrected chi connectivity index (χ1v) is 6.27. The highest BCUT2D eigenvalue weighted by molar-refractivity contribution is 7.03. The van der Waals surface area contributed by atoms with Crippen molar-refractivity contribution in [1.29, 1.82) is 0 Å². The summed E-state index contributed by atoms with van der Waals surface area (Å²) in [6, 6.07) is 0. The Morgan fingerprint density at radius 2 is 2.10 bits per heavy atom. The predicted octanol–water partition coefficient (Wildman–Crippen LogP) is 1.67. The molecule has 0 aromatic carbocycles. The second-order valence-corrected chi connectivity index (χ2v) is 3.46. The summed E-state index contributed by atoms with van der Waals surface area (Å²) in [6.07, 6.45) is 11.4. The van der Waals surface area contributed by atoms with Gasteiger partial charge >= 0.3 is 0 Å². The van der Waals surface area contributed by atoms with Crippen LogP contribution in [0.3, 0.4) is 0 Å². The first kappa shape index (κ1) is 15.4. The molecule has 0 amide bonds. The predicted molar refractivity (Wildman–Crippen MR) is 74.9 cm³/mol. The fourth-order valence-electron chi connectivity index (χ4n) is 0.744. The van der Waals surface area contributed by atoms with E-state index < -0.39 is 0 Å². The maximum absolute atomic E-state index is 4.22. The van der Waals surface area contributed by atoms with Gasteiger partial charge in [0.15, 0.2) is 0 Å². The van der Waals surface area contributed by atoms with Crippen LogP contribution >= 0.6 is 11.5 Å². The van der Waals surface area contributed by atoms with Crippen molar-refractivity contribution in [3.05, 3.63) is 36.3 Å². The molecular formula is C10H12N8OS. The molecule has 0 saturated carbocycles. The Kier molecular flexibility index (Phi) is 9.90. The molecule has 0 saturated heterocycles. The number of hydrogen-bond acceptors (Lipinski definition) is 10. The van der Waals surface area contributed by atoms with E-state index >= 15 is 0 Å². The topological polar surface area (TPSA) is 114 Å². The summed E-state index contributed by atoms with van der Waals surface area (Å²) in [5.74, 6) is 0. The lowest BCUT2D eigenvalue weighted by Gasteiger charge is -1.56. The summed E-state index contributed by atoms with van der Waals surface area (Å²) in [4.78, 5) is 7.40. The first-order valence-electron chi connectivity index (χ1n) is 5.43. The van der Waals surface area contributed by atoms with Gasteiger partial charge in [0.2, 0.25) is 0 Å². The molecule has 10 heteroatoms. The van der Waals surface area contributed by atoms with Crippen molar-refractivity contribution < 1.29 is 4.52 Å². The number of aromatic nitrogens is 4. The summed E-state index contributed by atoms with van der Waals surface area (Å²) in [5, 5.41) is 18.8. The zero-order chi connectivity index (χ0) is 14.1. The summed E-state index contributed by atoms with van der Waals surface area (Å²) in [7, 11) is 0. The standard InChI is InChI=1S/2C3H4N2.C2H2N2O.C2H2N2S/c1-2-5-3-4-1;1-2-4-5-3-1;2*1-2-5-4-3-1/h1,3H,2H2;1-2H,3H2;2*1-2H. The van der Waals surface area contributed by atoms with Crippen molar-refractivity contribution in [2.45, 2.75) is 0 Å². The van der Waals surface area contributed by atoms with Crippen LogP contribution in [0.25, 0.3) is 0 Å². The normalized spacial score (nSPS) is 12.8. The second-order valence-electron chi connectivity index (χ2n) is 2.81. The van der Waals surface area contributed by atoms with Crippen LogP contribution in [-0.2, 0) is 0 Å². The van der Waals surface area contributed by atoms with Gasteiger partial charge in [-0.2, -0.15) is 10.2 Å². The first-order chi connectivity index (χ1) is 10.0. The van der Waals surface area contributed by atoms with Gasteiger partial charge in [0.1, 0.15) is 12.6 Å². The lowest BCUT2D eigenvalue weighted by Crippen LogP contribution is -1.65. The summed E-state index contributed by atoms with van der Waals surface area (Å²) < 4.78 is 7.74. The molecule has 0 N–H and O–H groups in total. The molecule has 104 valence electrons. The van der Waals surface area contributed by atoms with E-state index in [2.05, 4.69) is 44.7 Å². The summed E-state index contributed by atoms with van der Waals surface area (Å²) in [5.41, 5.74) is 0. The van der Waals surface area contributed by atoms with E-state index in [0.717, 1.165) is 13.1 Å². The third-order valence-electron chi connectivity index (χ3n) is 1.45. The zero-order valence-electron chi connectivity index (χ0n) is 10.4. The van der Waals surface area contributed by atoms with Crippen LogP contribution in [0.1, 0.15) is 0 Å². The van der Waals surface area contributed by atoms with E-state index in [4.69, 9.17) is 0 Å². The Morgan fingerprint density at radius 3 is 2.30 bits per heavy atom. The Balaban J connectivity index is 0.000000133. The molecule has 4 rings (SSSR count). The Morgan fingerprint density at radius 1 is 1.10 bits per heavy atom. The van der Waals surface area contributed by atoms with Gasteiger partial charge < -0.3 is 4.52 Å². The van der Waals surface area contributed by atoms with Crippen LogP contribution in [-0.4, -0.2) is 45.6 Å². The molecule has 2 aromatic heterocycles. The van der Waals surface area contributed by atoms with E-state index in [1.165, 1.54) is 24.0 Å². The van der Waals surface area contributed by atoms with Gasteiger partial charge in [0.05, 0.1) is 25.5 Å². The van der Waals surface area contributed by atoms with Crippen LogP contribution in [0.4, 0.5) is 0 Å². The minimum atomic E-state index is 0.778. The van der Waals surface area contributed by atoms with Crippen LogP contribution in [0.5, 0.6) is 0 Å². The smallest absolute Gasteiger partial charge is 0.144 e. The number of aliphatic imine (C=N–C) groups is 2. The van der Waals surface area contributed by atoms with Crippen molar-refractivity contribution in [2.24, 2.45) is 20.2 Å². The highest BCUT2D eigenvalue weighted by Gasteiger charge is 1.74. The number of nitrogens with zero attached hydrogens (tertiary/aromatic N) is 8. The lowest BCUT2D eigenvalue weighted by atomic mass is 10.7. The zero-order valence-corrected chi connectivity index (χ0v) is 11.2. The lowest BCUT2D eigenvalue weighted by molar-refractivity contribution is 0.393. The van der Waals surface area contributed by atoms with Crippen molar-refractivity contribution in [3.8, 4) is 0 Å². The number of azo groups is 1. The Labute approximate surface area is 119 Å². The highest BCUT2D eigenvalue weighted by atomic mass is 32.1. The molecule has 0 spiro atoms. The molecule has 9 nitrogen and oxygen atoms in total. The molecule has 0 aliphatic carbocycles. The van der Waals surface area contributed by atoms with Gasteiger partial charge in [-0.15, -0.1) is 10.2 Å². The van der Waals surface area contributed by atoms with Gasteiger partial charge in [-0.1, -0.05) is 4.49 Å². The van der Waals surface area contributed by atoms with Crippen LogP contribution in [0.2, 0.25) is 0 Å². The minimum Gasteiger partial charge on any atom is -0.346 e. The van der Waals surface area contributed by atoms with Gasteiger partial charge in [-0.3, -0.25) is 4.99 Å². The third kappa shape index (κ3) is 10.5. The van der Waals surface area contributed by atoms with Crippen molar-refractivity contribution >= 4 is 24.1 Å². The quantitative estimate of drug-likeness (QED) is 0.732. The van der Waals surface area contributed by atoms with Crippen molar-refractivity contribution in [3.63, 3.8) is 0 Å². The molecule has 0 atom stereocenters. The average Bonchev–Trinajstić information content (AvgIpc) is 3.40. The highest BCUT2D eigenvalue weighted by Crippen LogP contribution is 1.86. The second kappa shape index (κ2) is 12.8. The number of hydrogen-bond donors (Lipinski definition) is 0. The van der Waals surface area contributed by atoms with E-state index in [1.54, 1.807) is 24.9 Å². The number of rotatable bonds is 0. The van der Waals surface area contributed by atoms with Gasteiger partial charge in [0, 0.05) is 23.1 Å². The van der Waals surface area contributed by atoms with E-state index in [-0.39, 0.29) is 0 Å². The molecule has 0 radical (unpaired) electrons. The molecular weight excluding hydrogens is 280 g/mol. The van der Waals surface area contributed by atoms with E-state index in [1.807, 2.05) is 11.5 Å². The van der Waals surface area contributed by atoms with Crippen molar-refractivity contribution in [2.75, 3.05) is 13.1 Å². The average molecular weight is 292 g/mol. The third-order valence-corrected chi connectivity index (χ3v) is 1.88. The molecule has 2 aromatic rings. The summed E-state index contributed by atoms with van der Waals surface area (Å²) >= 11 is 1.35. The molecule has 2 aliphatic rings. The van der Waals surface area contributed by atoms with Gasteiger partial charge in [-0.05, 0) is 17.6 Å². The largest absolute Gasteiger partial charge is 0.346 e. The van der Waals surface area contributed by atoms with Crippen molar-refractivity contribution in [1.82, 2.24) is 20.0 Å². The van der Waals surface area contributed by atoms with E-state index in [9.17, 15) is 0 Å². The molecule has 0 bridgehead atoms. The molecule has 0 unspecified atom stereocenters. The van der Waals surface area contributed by atoms with Crippen LogP contribution < -0.4 is 0 Å². The monoisotopic (exact) mass is 292 g/mol. The van der Waals surface area contributed by atoms with Gasteiger partial charge in [-0.25, -0.2) is 4.99 Å². The molecule has 2 aliphatic heterocycles. The Hall–Kier alpha value is -2.62. The fraction of sp³-hybridized carbons (Fsp3) is 0.200. The Bertz CT molecular complexity index is 403. The van der Waals surface area contributed by atoms with E-state index in [0.29, 0.717) is 0 Å². The maximum Gasteiger partial charge on any atom is 0.144 e. The SMILES string of the molecule is C1=CN=NC1.C1=NC=NC1.c1conn1.c1csnn1. The fourth-order valence-corrected chi connectivity index (χ4v) is 1.02. The molecule has 20 heavy (non-hydrogen) atoms. The summed E-state index contributed by atoms with van der Waals surface area (Å²) in [6.45, 7) is 1.56. The van der Waals surface area contributed by atoms with Crippen LogP contribution in [0, 0.1) is 0 Å². The maximum atomic E-state index is 4.22. The minimum absolute atomic E-state index is 0.778. The van der Waals surface area contributed by atoms with Crippen LogP contribution in [0.15, 0.2) is 61.0 Å². The molecule has 4 heterocycles.